The molecule has 3 heteroatoms. The van der Waals surface area contributed by atoms with Gasteiger partial charge in [-0.1, -0.05) is 243 Å². The van der Waals surface area contributed by atoms with E-state index in [-0.39, 0.29) is 33.8 Å². The molecule has 0 N–H and O–H groups in total. The number of nitrogens with zero attached hydrogens (tertiary/aromatic N) is 2. The summed E-state index contributed by atoms with van der Waals surface area (Å²) in [5.41, 5.74) is 23.9. The summed E-state index contributed by atoms with van der Waals surface area (Å²) in [5.74, 6) is 0. The third-order valence-electron chi connectivity index (χ3n) is 18.6. The number of hydrogen-bond acceptors (Lipinski definition) is 2. The van der Waals surface area contributed by atoms with Crippen molar-refractivity contribution in [2.45, 2.75) is 124 Å². The number of fused-ring (bicyclic) bond motifs is 15. The van der Waals surface area contributed by atoms with E-state index >= 15 is 0 Å². The Bertz CT molecular complexity index is 4150. The van der Waals surface area contributed by atoms with Crippen molar-refractivity contribution in [3.8, 4) is 22.3 Å². The summed E-state index contributed by atoms with van der Waals surface area (Å²) in [6, 6.07) is 73.9. The first-order valence-corrected chi connectivity index (χ1v) is 29.2. The van der Waals surface area contributed by atoms with Crippen molar-refractivity contribution < 1.29 is 0 Å². The number of hydrogen-bond donors (Lipinski definition) is 0. The lowest BCUT2D eigenvalue weighted by Crippen LogP contribution is -2.61. The Morgan fingerprint density at radius 2 is 0.750 bits per heavy atom. The second kappa shape index (κ2) is 17.1. The van der Waals surface area contributed by atoms with Crippen molar-refractivity contribution in [3.63, 3.8) is 0 Å². The molecule has 394 valence electrons. The maximum atomic E-state index is 2.72. The van der Waals surface area contributed by atoms with E-state index in [1.165, 1.54) is 149 Å². The minimum Gasteiger partial charge on any atom is -0.311 e. The Kier molecular flexibility index (Phi) is 10.7. The van der Waals surface area contributed by atoms with Crippen LogP contribution in [-0.4, -0.2) is 6.71 Å². The fraction of sp³-hybridized carbons (Fsp3) is 0.247. The molecule has 0 radical (unpaired) electrons. The molecular weight excluding hydrogens is 964 g/mol. The Labute approximate surface area is 475 Å². The van der Waals surface area contributed by atoms with E-state index in [1.807, 2.05) is 0 Å². The highest BCUT2D eigenvalue weighted by Crippen LogP contribution is 2.54. The van der Waals surface area contributed by atoms with Crippen LogP contribution in [0.2, 0.25) is 0 Å². The van der Waals surface area contributed by atoms with Crippen LogP contribution in [0.4, 0.5) is 34.1 Å². The van der Waals surface area contributed by atoms with Gasteiger partial charge in [-0.05, 0) is 168 Å². The zero-order chi connectivity index (χ0) is 55.7. The van der Waals surface area contributed by atoms with Gasteiger partial charge in [-0.25, -0.2) is 0 Å². The van der Waals surface area contributed by atoms with Gasteiger partial charge in [0.25, 0.3) is 6.71 Å². The molecule has 0 atom stereocenters. The van der Waals surface area contributed by atoms with Crippen molar-refractivity contribution in [1.82, 2.24) is 0 Å². The van der Waals surface area contributed by atoms with Crippen molar-refractivity contribution in [2.75, 3.05) is 9.80 Å². The van der Waals surface area contributed by atoms with Crippen LogP contribution in [0.3, 0.4) is 0 Å². The second-order valence-corrected chi connectivity index (χ2v) is 28.3. The Morgan fingerprint density at radius 3 is 1.21 bits per heavy atom. The average molecular weight is 1040 g/mol. The Hall–Kier alpha value is -7.88. The monoisotopic (exact) mass is 1040 g/mol. The van der Waals surface area contributed by atoms with E-state index in [1.54, 1.807) is 0 Å². The van der Waals surface area contributed by atoms with Crippen LogP contribution in [0, 0.1) is 0 Å². The molecule has 2 nitrogen and oxygen atoms in total. The first kappa shape index (κ1) is 50.4. The van der Waals surface area contributed by atoms with Gasteiger partial charge in [-0.3, -0.25) is 0 Å². The average Bonchev–Trinajstić information content (AvgIpc) is 3.17. The largest absolute Gasteiger partial charge is 0.311 e. The maximum absolute atomic E-state index is 2.72. The summed E-state index contributed by atoms with van der Waals surface area (Å²) >= 11 is 0. The summed E-state index contributed by atoms with van der Waals surface area (Å²) < 4.78 is 0. The van der Waals surface area contributed by atoms with Crippen LogP contribution >= 0.6 is 0 Å². The van der Waals surface area contributed by atoms with Crippen molar-refractivity contribution in [1.29, 1.82) is 0 Å². The molecule has 80 heavy (non-hydrogen) atoms. The first-order chi connectivity index (χ1) is 37.9. The van der Waals surface area contributed by atoms with Crippen molar-refractivity contribution >= 4 is 100 Å². The van der Waals surface area contributed by atoms with E-state index in [9.17, 15) is 0 Å². The van der Waals surface area contributed by atoms with Crippen molar-refractivity contribution in [2.24, 2.45) is 0 Å². The fourth-order valence-corrected chi connectivity index (χ4v) is 14.0. The molecule has 0 unspecified atom stereocenters. The lowest BCUT2D eigenvalue weighted by atomic mass is 9.33. The summed E-state index contributed by atoms with van der Waals surface area (Å²) in [6.45, 7) is 33.2. The van der Waals surface area contributed by atoms with Gasteiger partial charge in [0.15, 0.2) is 0 Å². The van der Waals surface area contributed by atoms with Crippen LogP contribution in [0.15, 0.2) is 188 Å². The van der Waals surface area contributed by atoms with Gasteiger partial charge in [0, 0.05) is 50.3 Å². The molecule has 11 aromatic rings. The molecule has 0 saturated carbocycles. The van der Waals surface area contributed by atoms with Gasteiger partial charge in [0.05, 0.1) is 0 Å². The molecule has 1 aliphatic carbocycles. The van der Waals surface area contributed by atoms with E-state index in [0.29, 0.717) is 0 Å². The highest BCUT2D eigenvalue weighted by Gasteiger charge is 2.46. The molecule has 3 aliphatic rings. The highest BCUT2D eigenvalue weighted by molar-refractivity contribution is 7.01. The minimum absolute atomic E-state index is 0.0903. The quantitative estimate of drug-likeness (QED) is 0.129. The maximum Gasteiger partial charge on any atom is 0.252 e. The predicted molar refractivity (Wildman–Crippen MR) is 348 cm³/mol. The first-order valence-electron chi connectivity index (χ1n) is 29.2. The van der Waals surface area contributed by atoms with E-state index in [0.717, 1.165) is 0 Å². The van der Waals surface area contributed by atoms with Gasteiger partial charge in [-0.15, -0.1) is 0 Å². The van der Waals surface area contributed by atoms with Crippen molar-refractivity contribution in [3.05, 3.63) is 221 Å². The van der Waals surface area contributed by atoms with Crippen LogP contribution in [-0.2, 0) is 27.1 Å². The van der Waals surface area contributed by atoms with E-state index in [2.05, 4.69) is 295 Å². The Balaban J connectivity index is 1.18. The van der Waals surface area contributed by atoms with Crippen LogP contribution in [0.25, 0.3) is 65.3 Å². The lowest BCUT2D eigenvalue weighted by molar-refractivity contribution is 0.568. The van der Waals surface area contributed by atoms with Crippen LogP contribution in [0.5, 0.6) is 0 Å². The number of anilines is 6. The summed E-state index contributed by atoms with van der Waals surface area (Å²) in [4.78, 5) is 5.43. The van der Waals surface area contributed by atoms with Crippen LogP contribution < -0.4 is 26.2 Å². The third-order valence-corrected chi connectivity index (χ3v) is 18.6. The molecule has 0 bridgehead atoms. The van der Waals surface area contributed by atoms with Gasteiger partial charge in [-0.2, -0.15) is 0 Å². The number of benzene rings is 11. The molecule has 11 aromatic carbocycles. The zero-order valence-corrected chi connectivity index (χ0v) is 49.4. The predicted octanol–water partition coefficient (Wildman–Crippen LogP) is 19.5. The smallest absolute Gasteiger partial charge is 0.252 e. The SMILES string of the molecule is CC(C)(C)c1cc(N2c3cc(-c4ccc5c(c4)C(C)(C)c4ccccc4-5)cc4c3B(c3ccc5c(ccc6ccccc65)c32)c2ccc3c(ccc5ccccc53)c2N4c2cc(C(C)(C)C)cc(C(C)(C)C)c2)cc(C(C)(C)C)c1. The molecule has 0 aromatic heterocycles. The molecule has 2 heterocycles. The molecule has 0 amide bonds. The highest BCUT2D eigenvalue weighted by atomic mass is 15.2. The van der Waals surface area contributed by atoms with Gasteiger partial charge in [0.1, 0.15) is 0 Å². The number of rotatable bonds is 3. The molecule has 0 saturated heterocycles. The summed E-state index contributed by atoms with van der Waals surface area (Å²) in [5, 5.41) is 10.1. The second-order valence-electron chi connectivity index (χ2n) is 28.3. The van der Waals surface area contributed by atoms with Gasteiger partial charge in [0.2, 0.25) is 0 Å². The van der Waals surface area contributed by atoms with Crippen LogP contribution in [0.1, 0.15) is 130 Å². The molecular formula is C77H73BN2. The normalized spacial score (nSPS) is 14.7. The summed E-state index contributed by atoms with van der Waals surface area (Å²) in [6.07, 6.45) is 0. The van der Waals surface area contributed by atoms with Gasteiger partial charge < -0.3 is 9.80 Å². The minimum atomic E-state index is -0.164. The lowest BCUT2D eigenvalue weighted by Gasteiger charge is -2.46. The van der Waals surface area contributed by atoms with E-state index in [4.69, 9.17) is 0 Å². The molecule has 0 fully saturated rings. The zero-order valence-electron chi connectivity index (χ0n) is 49.4. The standard InChI is InChI=1S/C77H73BN2/c1-73(2,3)50-40-51(74(4,5)6)43-54(42-50)79-68-38-49(48-29-30-61-60-25-19-20-26-64(60)77(13,14)65(61)37-48)39-69-70(68)78(66-35-33-58-56-23-17-15-21-46(56)27-31-62(58)71(66)79)67-36-34-59-57-24-18-16-22-47(57)28-32-63(59)72(67)80(69)55-44-52(75(7,8)9)41-53(45-55)76(10,11)12/h15-45H,1-14H3. The van der Waals surface area contributed by atoms with E-state index < -0.39 is 0 Å². The molecule has 2 aliphatic heterocycles. The topological polar surface area (TPSA) is 6.48 Å². The van der Waals surface area contributed by atoms with Gasteiger partial charge >= 0.3 is 0 Å². The summed E-state index contributed by atoms with van der Waals surface area (Å²) in [7, 11) is 0. The third kappa shape index (κ3) is 7.59. The molecule has 14 rings (SSSR count). The Morgan fingerprint density at radius 1 is 0.338 bits per heavy atom. The molecule has 0 spiro atoms. The fourth-order valence-electron chi connectivity index (χ4n) is 14.0.